The predicted octanol–water partition coefficient (Wildman–Crippen LogP) is 7.61. The number of nitrogens with one attached hydrogen (secondary N) is 1. The van der Waals surface area contributed by atoms with Gasteiger partial charge in [0.1, 0.15) is 16.5 Å². The van der Waals surface area contributed by atoms with Crippen molar-refractivity contribution in [2.45, 2.75) is 73.3 Å². The zero-order chi connectivity index (χ0) is 26.0. The normalized spacial score (nSPS) is 15.9. The van der Waals surface area contributed by atoms with E-state index in [1.54, 1.807) is 24.7 Å². The number of furan rings is 1. The molecule has 0 bridgehead atoms. The SMILES string of the molecule is COc1cc(C)c(C=Nc2sc3c(c2C(=O)NCc2ccco2)CC[C@@H](C(C)(C)C)C3)cc1C(C)C. The molecule has 0 saturated carbocycles. The lowest BCUT2D eigenvalue weighted by atomic mass is 9.72. The molecule has 0 unspecified atom stereocenters. The number of aliphatic imine (C=N–C) groups is 1. The molecule has 4 rings (SSSR count). The highest BCUT2D eigenvalue weighted by molar-refractivity contribution is 7.16. The Bertz CT molecular complexity index is 1250. The topological polar surface area (TPSA) is 63.8 Å². The smallest absolute Gasteiger partial charge is 0.255 e. The van der Waals surface area contributed by atoms with Gasteiger partial charge in [-0.15, -0.1) is 11.3 Å². The molecule has 6 heteroatoms. The standard InChI is InChI=1S/C30H38N2O3S/c1-18(2)24-14-20(19(3)13-25(24)34-7)16-32-29-27(28(33)31-17-22-9-8-12-35-22)23-11-10-21(30(4,5)6)15-26(23)36-29/h8-9,12-14,16,18,21H,10-11,15,17H2,1-7H3,(H,31,33)/t21-/m1/s1. The Kier molecular flexibility index (Phi) is 7.74. The number of carbonyl (C=O) groups is 1. The van der Waals surface area contributed by atoms with Crippen LogP contribution in [-0.2, 0) is 19.4 Å². The van der Waals surface area contributed by atoms with Crippen LogP contribution in [0.3, 0.4) is 0 Å². The maximum absolute atomic E-state index is 13.4. The van der Waals surface area contributed by atoms with Gasteiger partial charge in [0.15, 0.2) is 0 Å². The monoisotopic (exact) mass is 506 g/mol. The number of nitrogens with zero attached hydrogens (tertiary/aromatic N) is 1. The number of fused-ring (bicyclic) bond motifs is 1. The van der Waals surface area contributed by atoms with Crippen LogP contribution in [0.25, 0.3) is 0 Å². The summed E-state index contributed by atoms with van der Waals surface area (Å²) in [7, 11) is 1.71. The van der Waals surface area contributed by atoms with Gasteiger partial charge in [-0.1, -0.05) is 34.6 Å². The summed E-state index contributed by atoms with van der Waals surface area (Å²) >= 11 is 1.67. The summed E-state index contributed by atoms with van der Waals surface area (Å²) in [5.74, 6) is 2.48. The molecule has 0 spiro atoms. The minimum atomic E-state index is -0.0837. The van der Waals surface area contributed by atoms with Gasteiger partial charge in [-0.2, -0.15) is 0 Å². The van der Waals surface area contributed by atoms with E-state index in [-0.39, 0.29) is 11.3 Å². The molecular formula is C30H38N2O3S. The van der Waals surface area contributed by atoms with Crippen molar-refractivity contribution in [1.29, 1.82) is 0 Å². The van der Waals surface area contributed by atoms with Crippen LogP contribution in [0.1, 0.15) is 90.2 Å². The van der Waals surface area contributed by atoms with Crippen LogP contribution in [0.5, 0.6) is 5.75 Å². The van der Waals surface area contributed by atoms with Crippen LogP contribution < -0.4 is 10.1 Å². The van der Waals surface area contributed by atoms with Gasteiger partial charge in [-0.05, 0) is 90.0 Å². The third-order valence-electron chi connectivity index (χ3n) is 7.26. The summed E-state index contributed by atoms with van der Waals surface area (Å²) < 4.78 is 11.0. The predicted molar refractivity (Wildman–Crippen MR) is 148 cm³/mol. The van der Waals surface area contributed by atoms with E-state index in [9.17, 15) is 4.79 Å². The van der Waals surface area contributed by atoms with Crippen LogP contribution in [0, 0.1) is 18.3 Å². The van der Waals surface area contributed by atoms with Crippen molar-refractivity contribution in [1.82, 2.24) is 5.32 Å². The third kappa shape index (κ3) is 5.59. The van der Waals surface area contributed by atoms with Crippen LogP contribution in [0.2, 0.25) is 0 Å². The fourth-order valence-electron chi connectivity index (χ4n) is 4.92. The number of ether oxygens (including phenoxy) is 1. The summed E-state index contributed by atoms with van der Waals surface area (Å²) in [5, 5.41) is 3.84. The Labute approximate surface area is 219 Å². The van der Waals surface area contributed by atoms with Crippen molar-refractivity contribution < 1.29 is 13.9 Å². The molecule has 0 radical (unpaired) electrons. The van der Waals surface area contributed by atoms with Crippen molar-refractivity contribution in [2.24, 2.45) is 16.3 Å². The van der Waals surface area contributed by atoms with Crippen molar-refractivity contribution in [3.63, 3.8) is 0 Å². The van der Waals surface area contributed by atoms with E-state index >= 15 is 0 Å². The Morgan fingerprint density at radius 2 is 2.11 bits per heavy atom. The quantitative estimate of drug-likeness (QED) is 0.335. The fraction of sp³-hybridized carbons (Fsp3) is 0.467. The average molecular weight is 507 g/mol. The van der Waals surface area contributed by atoms with E-state index in [4.69, 9.17) is 14.1 Å². The maximum atomic E-state index is 13.4. The summed E-state index contributed by atoms with van der Waals surface area (Å²) in [5.41, 5.74) is 5.41. The van der Waals surface area contributed by atoms with Gasteiger partial charge in [-0.25, -0.2) is 4.99 Å². The molecule has 3 aromatic rings. The van der Waals surface area contributed by atoms with Crippen molar-refractivity contribution in [3.8, 4) is 5.75 Å². The van der Waals surface area contributed by atoms with E-state index < -0.39 is 0 Å². The molecular weight excluding hydrogens is 468 g/mol. The first-order valence-electron chi connectivity index (χ1n) is 12.8. The Balaban J connectivity index is 1.70. The van der Waals surface area contributed by atoms with Gasteiger partial charge in [0.2, 0.25) is 0 Å². The molecule has 1 amide bonds. The van der Waals surface area contributed by atoms with Crippen molar-refractivity contribution in [3.05, 3.63) is 69.0 Å². The van der Waals surface area contributed by atoms with Gasteiger partial charge in [0.05, 0.1) is 25.5 Å². The highest BCUT2D eigenvalue weighted by Gasteiger charge is 2.33. The van der Waals surface area contributed by atoms with E-state index in [1.807, 2.05) is 18.3 Å². The van der Waals surface area contributed by atoms with E-state index in [2.05, 4.69) is 59.0 Å². The van der Waals surface area contributed by atoms with Crippen LogP contribution in [0.4, 0.5) is 5.00 Å². The number of benzene rings is 1. The molecule has 0 saturated heterocycles. The molecule has 36 heavy (non-hydrogen) atoms. The number of rotatable bonds is 7. The second kappa shape index (κ2) is 10.6. The zero-order valence-electron chi connectivity index (χ0n) is 22.5. The maximum Gasteiger partial charge on any atom is 0.255 e. The number of methoxy groups -OCH3 is 1. The minimum Gasteiger partial charge on any atom is -0.496 e. The fourth-order valence-corrected chi connectivity index (χ4v) is 6.18. The average Bonchev–Trinajstić information content (AvgIpc) is 3.47. The molecule has 0 fully saturated rings. The lowest BCUT2D eigenvalue weighted by Crippen LogP contribution is -2.28. The number of hydrogen-bond donors (Lipinski definition) is 1. The lowest BCUT2D eigenvalue weighted by Gasteiger charge is -2.33. The van der Waals surface area contributed by atoms with Gasteiger partial charge in [0.25, 0.3) is 5.91 Å². The largest absolute Gasteiger partial charge is 0.496 e. The van der Waals surface area contributed by atoms with Gasteiger partial charge in [0, 0.05) is 11.1 Å². The highest BCUT2D eigenvalue weighted by atomic mass is 32.1. The molecule has 1 atom stereocenters. The minimum absolute atomic E-state index is 0.0837. The lowest BCUT2D eigenvalue weighted by molar-refractivity contribution is 0.0947. The molecule has 1 N–H and O–H groups in total. The molecule has 1 aromatic carbocycles. The number of amides is 1. The van der Waals surface area contributed by atoms with Crippen molar-refractivity contribution >= 4 is 28.5 Å². The first-order chi connectivity index (χ1) is 17.1. The number of carbonyl (C=O) groups excluding carboxylic acids is 1. The molecule has 192 valence electrons. The summed E-state index contributed by atoms with van der Waals surface area (Å²) in [4.78, 5) is 19.7. The summed E-state index contributed by atoms with van der Waals surface area (Å²) in [6.07, 6.45) is 6.52. The Morgan fingerprint density at radius 1 is 1.33 bits per heavy atom. The number of aryl methyl sites for hydroxylation is 1. The second-order valence-electron chi connectivity index (χ2n) is 11.1. The summed E-state index contributed by atoms with van der Waals surface area (Å²) in [6, 6.07) is 7.93. The highest BCUT2D eigenvalue weighted by Crippen LogP contribution is 2.45. The van der Waals surface area contributed by atoms with Gasteiger partial charge in [-0.3, -0.25) is 4.79 Å². The first-order valence-corrected chi connectivity index (χ1v) is 13.6. The first kappa shape index (κ1) is 26.2. The molecule has 2 heterocycles. The molecule has 0 aliphatic heterocycles. The summed E-state index contributed by atoms with van der Waals surface area (Å²) in [6.45, 7) is 13.7. The zero-order valence-corrected chi connectivity index (χ0v) is 23.3. The third-order valence-corrected chi connectivity index (χ3v) is 8.43. The Morgan fingerprint density at radius 3 is 2.75 bits per heavy atom. The van der Waals surface area contributed by atoms with Crippen LogP contribution in [-0.4, -0.2) is 19.2 Å². The van der Waals surface area contributed by atoms with Crippen LogP contribution >= 0.6 is 11.3 Å². The van der Waals surface area contributed by atoms with E-state index in [1.165, 1.54) is 10.4 Å². The molecule has 2 aromatic heterocycles. The van der Waals surface area contributed by atoms with Crippen LogP contribution in [0.15, 0.2) is 39.9 Å². The second-order valence-corrected chi connectivity index (χ2v) is 12.2. The molecule has 1 aliphatic carbocycles. The molecule has 5 nitrogen and oxygen atoms in total. The number of thiophene rings is 1. The van der Waals surface area contributed by atoms with Crippen molar-refractivity contribution in [2.75, 3.05) is 7.11 Å². The van der Waals surface area contributed by atoms with Gasteiger partial charge < -0.3 is 14.5 Å². The van der Waals surface area contributed by atoms with Gasteiger partial charge >= 0.3 is 0 Å². The molecule has 1 aliphatic rings. The number of hydrogen-bond acceptors (Lipinski definition) is 5. The van der Waals surface area contributed by atoms with E-state index in [0.29, 0.717) is 18.4 Å². The van der Waals surface area contributed by atoms with E-state index in [0.717, 1.165) is 58.0 Å². The Hall–Kier alpha value is -2.86.